The molecule has 0 aliphatic heterocycles. The standard InChI is InChI=1S/C21H28N2O4S/c1-14-6-4-5-7-18(14)22-20(24)13-28(25)12-19-15(2)27-21(23-19)16-8-10-17(26-3)11-9-16/h8-11,14,18H,4-7,12-13H2,1-3H3,(H,22,24)/t14-,18-,28+/m1/s1. The zero-order chi connectivity index (χ0) is 20.1. The van der Waals surface area contributed by atoms with E-state index in [0.29, 0.717) is 23.3 Å². The number of aryl methyl sites for hydroxylation is 1. The molecule has 1 aliphatic carbocycles. The second-order valence-corrected chi connectivity index (χ2v) is 8.87. The molecule has 3 atom stereocenters. The Kier molecular flexibility index (Phi) is 6.88. The molecule has 1 aromatic heterocycles. The Labute approximate surface area is 168 Å². The number of aromatic nitrogens is 1. The van der Waals surface area contributed by atoms with Gasteiger partial charge in [-0.1, -0.05) is 19.8 Å². The summed E-state index contributed by atoms with van der Waals surface area (Å²) in [5, 5.41) is 3.05. The minimum Gasteiger partial charge on any atom is -0.497 e. The van der Waals surface area contributed by atoms with Crippen molar-refractivity contribution >= 4 is 16.7 Å². The molecule has 0 saturated heterocycles. The third kappa shape index (κ3) is 5.22. The average Bonchev–Trinajstić information content (AvgIpc) is 3.04. The largest absolute Gasteiger partial charge is 0.497 e. The Hall–Kier alpha value is -2.15. The van der Waals surface area contributed by atoms with Gasteiger partial charge in [-0.3, -0.25) is 9.00 Å². The van der Waals surface area contributed by atoms with Gasteiger partial charge in [0.05, 0.1) is 18.6 Å². The van der Waals surface area contributed by atoms with Crippen LogP contribution in [-0.2, 0) is 21.3 Å². The van der Waals surface area contributed by atoms with Crippen LogP contribution in [0.5, 0.6) is 5.75 Å². The highest BCUT2D eigenvalue weighted by molar-refractivity contribution is 7.84. The van der Waals surface area contributed by atoms with Crippen molar-refractivity contribution in [3.8, 4) is 17.2 Å². The number of amides is 1. The number of nitrogens with zero attached hydrogens (tertiary/aromatic N) is 1. The molecule has 2 aromatic rings. The molecule has 1 N–H and O–H groups in total. The first-order valence-electron chi connectivity index (χ1n) is 9.71. The molecule has 28 heavy (non-hydrogen) atoms. The fourth-order valence-electron chi connectivity index (χ4n) is 3.55. The van der Waals surface area contributed by atoms with Crippen LogP contribution in [0.15, 0.2) is 28.7 Å². The highest BCUT2D eigenvalue weighted by atomic mass is 32.2. The molecule has 1 amide bonds. The van der Waals surface area contributed by atoms with Crippen molar-refractivity contribution in [2.75, 3.05) is 12.9 Å². The molecule has 1 fully saturated rings. The van der Waals surface area contributed by atoms with Crippen molar-refractivity contribution < 1.29 is 18.2 Å². The maximum Gasteiger partial charge on any atom is 0.232 e. The van der Waals surface area contributed by atoms with Crippen molar-refractivity contribution in [1.29, 1.82) is 0 Å². The van der Waals surface area contributed by atoms with Gasteiger partial charge in [-0.15, -0.1) is 0 Å². The van der Waals surface area contributed by atoms with Gasteiger partial charge in [0.1, 0.15) is 17.3 Å². The molecule has 7 heteroatoms. The van der Waals surface area contributed by atoms with Gasteiger partial charge in [-0.2, -0.15) is 0 Å². The van der Waals surface area contributed by atoms with Crippen LogP contribution >= 0.6 is 0 Å². The monoisotopic (exact) mass is 404 g/mol. The van der Waals surface area contributed by atoms with E-state index in [1.165, 1.54) is 6.42 Å². The van der Waals surface area contributed by atoms with Crippen LogP contribution in [0.2, 0.25) is 0 Å². The minimum atomic E-state index is -1.33. The zero-order valence-electron chi connectivity index (χ0n) is 16.7. The number of carbonyl (C=O) groups excluding carboxylic acids is 1. The highest BCUT2D eigenvalue weighted by Gasteiger charge is 2.24. The first kappa shape index (κ1) is 20.6. The van der Waals surface area contributed by atoms with Crippen molar-refractivity contribution in [3.05, 3.63) is 35.7 Å². The lowest BCUT2D eigenvalue weighted by atomic mass is 9.86. The quantitative estimate of drug-likeness (QED) is 0.762. The number of nitrogens with one attached hydrogen (secondary N) is 1. The Morgan fingerprint density at radius 2 is 2.00 bits per heavy atom. The summed E-state index contributed by atoms with van der Waals surface area (Å²) < 4.78 is 23.4. The molecule has 0 radical (unpaired) electrons. The molecule has 1 aliphatic rings. The van der Waals surface area contributed by atoms with E-state index in [0.717, 1.165) is 30.6 Å². The van der Waals surface area contributed by atoms with Crippen LogP contribution in [0.3, 0.4) is 0 Å². The molecule has 1 saturated carbocycles. The lowest BCUT2D eigenvalue weighted by molar-refractivity contribution is -0.119. The van der Waals surface area contributed by atoms with Gasteiger partial charge >= 0.3 is 0 Å². The number of benzene rings is 1. The molecule has 1 aromatic carbocycles. The lowest BCUT2D eigenvalue weighted by Gasteiger charge is -2.29. The number of hydrogen-bond acceptors (Lipinski definition) is 5. The van der Waals surface area contributed by atoms with Gasteiger partial charge in [0.25, 0.3) is 0 Å². The molecule has 152 valence electrons. The van der Waals surface area contributed by atoms with Crippen LogP contribution in [0, 0.1) is 12.8 Å². The van der Waals surface area contributed by atoms with Crippen molar-refractivity contribution in [1.82, 2.24) is 10.3 Å². The molecule has 6 nitrogen and oxygen atoms in total. The first-order valence-corrected chi connectivity index (χ1v) is 11.2. The molecule has 0 unspecified atom stereocenters. The van der Waals surface area contributed by atoms with Crippen LogP contribution in [0.4, 0.5) is 0 Å². The maximum atomic E-state index is 12.5. The summed E-state index contributed by atoms with van der Waals surface area (Å²) in [6.07, 6.45) is 4.51. The second kappa shape index (κ2) is 9.37. The van der Waals surface area contributed by atoms with E-state index in [-0.39, 0.29) is 23.5 Å². The predicted octanol–water partition coefficient (Wildman–Crippen LogP) is 3.60. The van der Waals surface area contributed by atoms with E-state index in [1.807, 2.05) is 24.3 Å². The first-order chi connectivity index (χ1) is 13.5. The van der Waals surface area contributed by atoms with Gasteiger partial charge in [-0.25, -0.2) is 4.98 Å². The van der Waals surface area contributed by atoms with Crippen LogP contribution in [-0.4, -0.2) is 34.0 Å². The van der Waals surface area contributed by atoms with E-state index in [2.05, 4.69) is 17.2 Å². The van der Waals surface area contributed by atoms with Gasteiger partial charge in [-0.05, 0) is 49.9 Å². The van der Waals surface area contributed by atoms with Gasteiger partial charge < -0.3 is 14.5 Å². The SMILES string of the molecule is COc1ccc(-c2nc(C[S@](=O)CC(=O)N[C@@H]3CCCC[C@H]3C)c(C)o2)cc1. The summed E-state index contributed by atoms with van der Waals surface area (Å²) in [7, 11) is 0.284. The van der Waals surface area contributed by atoms with Crippen LogP contribution in [0.25, 0.3) is 11.5 Å². The Morgan fingerprint density at radius 3 is 2.68 bits per heavy atom. The summed E-state index contributed by atoms with van der Waals surface area (Å²) in [6, 6.07) is 7.61. The van der Waals surface area contributed by atoms with E-state index in [1.54, 1.807) is 14.0 Å². The minimum absolute atomic E-state index is 0.00656. The predicted molar refractivity (Wildman–Crippen MR) is 110 cm³/mol. The third-order valence-corrected chi connectivity index (χ3v) is 6.46. The highest BCUT2D eigenvalue weighted by Crippen LogP contribution is 2.25. The van der Waals surface area contributed by atoms with Crippen LogP contribution < -0.4 is 10.1 Å². The summed E-state index contributed by atoms with van der Waals surface area (Å²) in [4.78, 5) is 16.7. The Balaban J connectivity index is 1.57. The van der Waals surface area contributed by atoms with E-state index < -0.39 is 10.8 Å². The van der Waals surface area contributed by atoms with Crippen molar-refractivity contribution in [2.45, 2.75) is 51.3 Å². The number of hydrogen-bond donors (Lipinski definition) is 1. The molecule has 0 spiro atoms. The van der Waals surface area contributed by atoms with Crippen LogP contribution in [0.1, 0.15) is 44.1 Å². The lowest BCUT2D eigenvalue weighted by Crippen LogP contribution is -2.42. The van der Waals surface area contributed by atoms with Gasteiger partial charge in [0.2, 0.25) is 11.8 Å². The zero-order valence-corrected chi connectivity index (χ0v) is 17.5. The fourth-order valence-corrected chi connectivity index (χ4v) is 4.60. The van der Waals surface area contributed by atoms with E-state index in [9.17, 15) is 9.00 Å². The summed E-state index contributed by atoms with van der Waals surface area (Å²) in [5.41, 5.74) is 1.45. The Bertz CT molecular complexity index is 831. The normalized spacial score (nSPS) is 20.5. The number of oxazole rings is 1. The molecule has 0 bridgehead atoms. The van der Waals surface area contributed by atoms with E-state index >= 15 is 0 Å². The average molecular weight is 405 g/mol. The second-order valence-electron chi connectivity index (χ2n) is 7.41. The fraction of sp³-hybridized carbons (Fsp3) is 0.524. The van der Waals surface area contributed by atoms with Crippen molar-refractivity contribution in [3.63, 3.8) is 0 Å². The van der Waals surface area contributed by atoms with Gasteiger partial charge in [0.15, 0.2) is 0 Å². The van der Waals surface area contributed by atoms with Crippen molar-refractivity contribution in [2.24, 2.45) is 5.92 Å². The molecular formula is C21H28N2O4S. The molecule has 3 rings (SSSR count). The van der Waals surface area contributed by atoms with E-state index in [4.69, 9.17) is 9.15 Å². The van der Waals surface area contributed by atoms with Gasteiger partial charge in [0, 0.05) is 22.4 Å². The Morgan fingerprint density at radius 1 is 1.29 bits per heavy atom. The summed E-state index contributed by atoms with van der Waals surface area (Å²) in [6.45, 7) is 3.97. The number of rotatable bonds is 7. The maximum absolute atomic E-state index is 12.5. The molecular weight excluding hydrogens is 376 g/mol. The number of methoxy groups -OCH3 is 1. The summed E-state index contributed by atoms with van der Waals surface area (Å²) >= 11 is 0. The summed E-state index contributed by atoms with van der Waals surface area (Å²) in [5.74, 6) is 2.40. The topological polar surface area (TPSA) is 81.4 Å². The third-order valence-electron chi connectivity index (χ3n) is 5.28. The number of carbonyl (C=O) groups is 1. The number of ether oxygens (including phenoxy) is 1. The smallest absolute Gasteiger partial charge is 0.232 e. The molecule has 1 heterocycles.